The van der Waals surface area contributed by atoms with E-state index in [1.165, 1.54) is 30.5 Å². The molecule has 0 saturated carbocycles. The first-order valence-electron chi connectivity index (χ1n) is 10.5. The maximum Gasteiger partial charge on any atom is 0.329 e. The molecule has 0 aliphatic rings. The van der Waals surface area contributed by atoms with E-state index < -0.39 is 33.0 Å². The molecule has 13 nitrogen and oxygen atoms in total. The number of ether oxygens (including phenoxy) is 2. The fourth-order valence-electron chi connectivity index (χ4n) is 2.89. The number of carbonyl (C=O) groups is 2. The summed E-state index contributed by atoms with van der Waals surface area (Å²) >= 11 is 5.84. The molecule has 0 fully saturated rings. The van der Waals surface area contributed by atoms with Crippen LogP contribution in [0.3, 0.4) is 0 Å². The van der Waals surface area contributed by atoms with Gasteiger partial charge in [0.2, 0.25) is 5.75 Å². The molecule has 0 aliphatic heterocycles. The van der Waals surface area contributed by atoms with E-state index >= 15 is 0 Å². The van der Waals surface area contributed by atoms with Crippen LogP contribution < -0.4 is 20.2 Å². The van der Waals surface area contributed by atoms with Crippen LogP contribution in [0.4, 0.5) is 17.1 Å². The van der Waals surface area contributed by atoms with Gasteiger partial charge in [0.25, 0.3) is 5.69 Å². The number of hydrogen-bond donors (Lipinski definition) is 2. The highest BCUT2D eigenvalue weighted by Crippen LogP contribution is 2.38. The number of rotatable bonds is 9. The second kappa shape index (κ2) is 12.1. The van der Waals surface area contributed by atoms with Crippen molar-refractivity contribution in [3.63, 3.8) is 0 Å². The van der Waals surface area contributed by atoms with Gasteiger partial charge in [0.05, 0.1) is 28.7 Å². The molecular weight excluding hydrogens is 510 g/mol. The number of carbonyl (C=O) groups excluding carboxylic acids is 2. The molecule has 14 heteroatoms. The lowest BCUT2D eigenvalue weighted by Crippen LogP contribution is -2.32. The molecule has 2 amide bonds. The van der Waals surface area contributed by atoms with Gasteiger partial charge in [0.1, 0.15) is 0 Å². The van der Waals surface area contributed by atoms with E-state index in [1.54, 1.807) is 25.1 Å². The van der Waals surface area contributed by atoms with E-state index in [1.807, 2.05) is 0 Å². The molecule has 190 valence electrons. The van der Waals surface area contributed by atoms with Gasteiger partial charge in [0.15, 0.2) is 11.5 Å². The number of amides is 2. The highest BCUT2D eigenvalue weighted by molar-refractivity contribution is 6.39. The average Bonchev–Trinajstić information content (AvgIpc) is 2.85. The summed E-state index contributed by atoms with van der Waals surface area (Å²) in [5.74, 6) is -1.92. The van der Waals surface area contributed by atoms with E-state index in [0.717, 1.165) is 18.2 Å². The summed E-state index contributed by atoms with van der Waals surface area (Å²) in [7, 11) is 0. The number of anilines is 1. The number of nitrogens with zero attached hydrogens (tertiary/aromatic N) is 3. The minimum Gasteiger partial charge on any atom is -0.490 e. The van der Waals surface area contributed by atoms with Crippen molar-refractivity contribution >= 4 is 46.7 Å². The second-order valence-corrected chi connectivity index (χ2v) is 7.51. The van der Waals surface area contributed by atoms with Crippen LogP contribution >= 0.6 is 11.6 Å². The Morgan fingerprint density at radius 3 is 2.41 bits per heavy atom. The number of nitro benzene ring substituents is 2. The molecule has 0 radical (unpaired) electrons. The smallest absolute Gasteiger partial charge is 0.329 e. The van der Waals surface area contributed by atoms with E-state index in [4.69, 9.17) is 21.1 Å². The van der Waals surface area contributed by atoms with E-state index in [-0.39, 0.29) is 23.9 Å². The molecule has 3 aromatic rings. The standard InChI is InChI=1S/C23H18ClN5O8/c1-2-36-21-10-14(13-25-27-23(31)22(30)26-16-5-3-4-15(24)11-16)6-8-20(21)37-19-9-7-17(28(32)33)12-18(19)29(34)35/h3-13H,2H2,1H3,(H,26,30)(H,27,31)/b25-13+. The molecule has 0 heterocycles. The number of benzene rings is 3. The van der Waals surface area contributed by atoms with Crippen LogP contribution in [0, 0.1) is 20.2 Å². The van der Waals surface area contributed by atoms with Gasteiger partial charge in [-0.2, -0.15) is 5.10 Å². The molecule has 3 aromatic carbocycles. The topological polar surface area (TPSA) is 175 Å². The number of halogens is 1. The number of hydrogen-bond acceptors (Lipinski definition) is 9. The Morgan fingerprint density at radius 1 is 0.973 bits per heavy atom. The third kappa shape index (κ3) is 7.22. The zero-order chi connectivity index (χ0) is 26.9. The molecule has 0 unspecified atom stereocenters. The first-order chi connectivity index (χ1) is 17.7. The Kier molecular flexibility index (Phi) is 8.67. The quantitative estimate of drug-likeness (QED) is 0.177. The Bertz CT molecular complexity index is 1400. The summed E-state index contributed by atoms with van der Waals surface area (Å²) in [5.41, 5.74) is 1.80. The van der Waals surface area contributed by atoms with Crippen molar-refractivity contribution in [3.05, 3.63) is 91.5 Å². The van der Waals surface area contributed by atoms with Gasteiger partial charge >= 0.3 is 17.5 Å². The highest BCUT2D eigenvalue weighted by atomic mass is 35.5. The lowest BCUT2D eigenvalue weighted by Gasteiger charge is -2.12. The van der Waals surface area contributed by atoms with E-state index in [9.17, 15) is 29.8 Å². The maximum absolute atomic E-state index is 12.0. The van der Waals surface area contributed by atoms with Crippen LogP contribution in [-0.4, -0.2) is 34.5 Å². The molecule has 2 N–H and O–H groups in total. The Labute approximate surface area is 213 Å². The average molecular weight is 528 g/mol. The Morgan fingerprint density at radius 2 is 1.73 bits per heavy atom. The number of hydrazone groups is 1. The number of nitro groups is 2. The van der Waals surface area contributed by atoms with Crippen molar-refractivity contribution in [3.8, 4) is 17.2 Å². The summed E-state index contributed by atoms with van der Waals surface area (Å²) in [6.45, 7) is 1.93. The van der Waals surface area contributed by atoms with Gasteiger partial charge in [-0.25, -0.2) is 5.43 Å². The van der Waals surface area contributed by atoms with Crippen LogP contribution in [0.1, 0.15) is 12.5 Å². The van der Waals surface area contributed by atoms with Gasteiger partial charge in [-0.1, -0.05) is 17.7 Å². The van der Waals surface area contributed by atoms with Crippen LogP contribution in [0.2, 0.25) is 5.02 Å². The van der Waals surface area contributed by atoms with E-state index in [2.05, 4.69) is 15.8 Å². The summed E-state index contributed by atoms with van der Waals surface area (Å²) in [5, 5.41) is 28.8. The van der Waals surface area contributed by atoms with Crippen molar-refractivity contribution in [1.29, 1.82) is 0 Å². The van der Waals surface area contributed by atoms with Gasteiger partial charge < -0.3 is 14.8 Å². The first-order valence-corrected chi connectivity index (χ1v) is 10.8. The van der Waals surface area contributed by atoms with Gasteiger partial charge in [-0.15, -0.1) is 0 Å². The molecule has 37 heavy (non-hydrogen) atoms. The summed E-state index contributed by atoms with van der Waals surface area (Å²) in [4.78, 5) is 44.7. The van der Waals surface area contributed by atoms with Crippen LogP contribution in [0.15, 0.2) is 65.8 Å². The molecule has 0 bridgehead atoms. The molecule has 0 aliphatic carbocycles. The highest BCUT2D eigenvalue weighted by Gasteiger charge is 2.22. The van der Waals surface area contributed by atoms with Crippen LogP contribution in [-0.2, 0) is 9.59 Å². The zero-order valence-corrected chi connectivity index (χ0v) is 19.8. The van der Waals surface area contributed by atoms with Crippen molar-refractivity contribution in [2.45, 2.75) is 6.92 Å². The second-order valence-electron chi connectivity index (χ2n) is 7.07. The minimum absolute atomic E-state index is 0.0980. The summed E-state index contributed by atoms with van der Waals surface area (Å²) < 4.78 is 11.1. The van der Waals surface area contributed by atoms with Crippen molar-refractivity contribution in [2.24, 2.45) is 5.10 Å². The van der Waals surface area contributed by atoms with Gasteiger partial charge in [0, 0.05) is 16.8 Å². The Balaban J connectivity index is 1.72. The van der Waals surface area contributed by atoms with Gasteiger partial charge in [-0.05, 0) is 55.0 Å². The van der Waals surface area contributed by atoms with Crippen molar-refractivity contribution < 1.29 is 28.9 Å². The Hall–Kier alpha value is -5.04. The predicted octanol–water partition coefficient (Wildman–Crippen LogP) is 4.44. The number of nitrogens with one attached hydrogen (secondary N) is 2. The lowest BCUT2D eigenvalue weighted by atomic mass is 10.2. The van der Waals surface area contributed by atoms with Crippen molar-refractivity contribution in [2.75, 3.05) is 11.9 Å². The summed E-state index contributed by atoms with van der Waals surface area (Å²) in [6.07, 6.45) is 1.24. The minimum atomic E-state index is -1.02. The van der Waals surface area contributed by atoms with Crippen LogP contribution in [0.25, 0.3) is 0 Å². The SMILES string of the molecule is CCOc1cc(/C=N/NC(=O)C(=O)Nc2cccc(Cl)c2)ccc1Oc1ccc([N+](=O)[O-])cc1[N+](=O)[O-]. The third-order valence-electron chi connectivity index (χ3n) is 4.51. The molecule has 3 rings (SSSR count). The predicted molar refractivity (Wildman–Crippen MR) is 133 cm³/mol. The van der Waals surface area contributed by atoms with Crippen molar-refractivity contribution in [1.82, 2.24) is 5.43 Å². The molecule has 0 aromatic heterocycles. The lowest BCUT2D eigenvalue weighted by molar-refractivity contribution is -0.394. The molecular formula is C23H18ClN5O8. The molecule has 0 spiro atoms. The van der Waals surface area contributed by atoms with E-state index in [0.29, 0.717) is 16.3 Å². The van der Waals surface area contributed by atoms with Crippen LogP contribution in [0.5, 0.6) is 17.2 Å². The third-order valence-corrected chi connectivity index (χ3v) is 4.74. The van der Waals surface area contributed by atoms with Gasteiger partial charge in [-0.3, -0.25) is 29.8 Å². The normalized spacial score (nSPS) is 10.5. The summed E-state index contributed by atoms with van der Waals surface area (Å²) in [6, 6.07) is 13.7. The number of non-ortho nitro benzene ring substituents is 1. The molecule has 0 atom stereocenters. The maximum atomic E-state index is 12.0. The largest absolute Gasteiger partial charge is 0.490 e. The fourth-order valence-corrected chi connectivity index (χ4v) is 3.08. The molecule has 0 saturated heterocycles. The monoisotopic (exact) mass is 527 g/mol. The first kappa shape index (κ1) is 26.6. The fraction of sp³-hybridized carbons (Fsp3) is 0.0870. The zero-order valence-electron chi connectivity index (χ0n) is 19.0.